The van der Waals surface area contributed by atoms with Crippen LogP contribution in [0.3, 0.4) is 0 Å². The van der Waals surface area contributed by atoms with Gasteiger partial charge in [-0.3, -0.25) is 0 Å². The van der Waals surface area contributed by atoms with E-state index in [1.165, 1.54) is 32.8 Å². The van der Waals surface area contributed by atoms with Gasteiger partial charge >= 0.3 is 0 Å². The van der Waals surface area contributed by atoms with E-state index in [4.69, 9.17) is 4.74 Å². The molecule has 0 fully saturated rings. The summed E-state index contributed by atoms with van der Waals surface area (Å²) in [4.78, 5) is 0. The largest absolute Gasteiger partial charge is 0.493 e. The summed E-state index contributed by atoms with van der Waals surface area (Å²) in [6, 6.07) is 23.6. The van der Waals surface area contributed by atoms with E-state index in [1.807, 2.05) is 0 Å². The molecule has 0 spiro atoms. The second-order valence-corrected chi connectivity index (χ2v) is 7.31. The number of hydrogen-bond donors (Lipinski definition) is 0. The van der Waals surface area contributed by atoms with Crippen LogP contribution in [-0.2, 0) is 6.54 Å². The zero-order valence-corrected chi connectivity index (χ0v) is 17.3. The van der Waals surface area contributed by atoms with Crippen LogP contribution in [-0.4, -0.2) is 6.61 Å². The first-order chi connectivity index (χ1) is 14.3. The van der Waals surface area contributed by atoms with Crippen molar-refractivity contribution in [3.05, 3.63) is 84.1 Å². The minimum Gasteiger partial charge on any atom is -0.493 e. The summed E-state index contributed by atoms with van der Waals surface area (Å²) in [5.41, 5.74) is 3.71. The van der Waals surface area contributed by atoms with Gasteiger partial charge in [0.1, 0.15) is 12.3 Å². The Bertz CT molecular complexity index is 1160. The van der Waals surface area contributed by atoms with Gasteiger partial charge in [-0.1, -0.05) is 68.0 Å². The smallest absolute Gasteiger partial charge is 0.213 e. The van der Waals surface area contributed by atoms with Gasteiger partial charge in [0.15, 0.2) is 6.20 Å². The molecule has 0 atom stereocenters. The lowest BCUT2D eigenvalue weighted by Gasteiger charge is -2.11. The zero-order valence-electron chi connectivity index (χ0n) is 17.3. The van der Waals surface area contributed by atoms with Crippen molar-refractivity contribution in [2.75, 3.05) is 6.61 Å². The average molecular weight is 383 g/mol. The number of para-hydroxylation sites is 1. The highest BCUT2D eigenvalue weighted by atomic mass is 16.5. The predicted octanol–water partition coefficient (Wildman–Crippen LogP) is 6.65. The minimum atomic E-state index is 0.767. The Morgan fingerprint density at radius 1 is 0.759 bits per heavy atom. The molecule has 4 aromatic rings. The van der Waals surface area contributed by atoms with Crippen molar-refractivity contribution in [2.24, 2.45) is 0 Å². The second kappa shape index (κ2) is 8.91. The van der Waals surface area contributed by atoms with Crippen molar-refractivity contribution in [1.29, 1.82) is 0 Å². The van der Waals surface area contributed by atoms with Gasteiger partial charge < -0.3 is 4.74 Å². The van der Waals surface area contributed by atoms with E-state index in [9.17, 15) is 0 Å². The number of hydrogen-bond acceptors (Lipinski definition) is 1. The molecule has 0 saturated carbocycles. The van der Waals surface area contributed by atoms with Crippen LogP contribution in [0.15, 0.2) is 72.9 Å². The number of benzene rings is 3. The zero-order chi connectivity index (χ0) is 20.1. The molecule has 146 valence electrons. The number of rotatable bonds is 7. The first kappa shape index (κ1) is 19.2. The van der Waals surface area contributed by atoms with Crippen molar-refractivity contribution >= 4 is 33.8 Å². The van der Waals surface area contributed by atoms with Crippen LogP contribution in [0.5, 0.6) is 5.75 Å². The standard InChI is InChI=1S/C27H28NO/c1-3-5-20-29-27-17-16-21(23-10-6-7-12-25(23)27)14-15-22-18-19-28(4-2)26-13-9-8-11-24(22)26/h6-19H,3-5,20H2,1-2H3/q+1/b15-14+. The van der Waals surface area contributed by atoms with Gasteiger partial charge in [0.25, 0.3) is 0 Å². The molecule has 29 heavy (non-hydrogen) atoms. The van der Waals surface area contributed by atoms with Crippen LogP contribution in [0.2, 0.25) is 0 Å². The molecular weight excluding hydrogens is 354 g/mol. The van der Waals surface area contributed by atoms with Gasteiger partial charge in [0.2, 0.25) is 5.52 Å². The monoisotopic (exact) mass is 382 g/mol. The Labute approximate surface area is 173 Å². The van der Waals surface area contributed by atoms with E-state index >= 15 is 0 Å². The summed E-state index contributed by atoms with van der Waals surface area (Å²) in [7, 11) is 0. The third-order valence-electron chi connectivity index (χ3n) is 5.41. The molecule has 4 rings (SSSR count). The molecule has 0 amide bonds. The van der Waals surface area contributed by atoms with E-state index in [-0.39, 0.29) is 0 Å². The van der Waals surface area contributed by atoms with Crippen molar-refractivity contribution in [3.63, 3.8) is 0 Å². The Morgan fingerprint density at radius 3 is 2.21 bits per heavy atom. The first-order valence-electron chi connectivity index (χ1n) is 10.6. The number of aromatic nitrogens is 1. The number of fused-ring (bicyclic) bond motifs is 2. The van der Waals surface area contributed by atoms with Crippen LogP contribution >= 0.6 is 0 Å². The number of pyridine rings is 1. The summed E-state index contributed by atoms with van der Waals surface area (Å²) in [5, 5.41) is 3.67. The lowest BCUT2D eigenvalue weighted by Crippen LogP contribution is -2.32. The van der Waals surface area contributed by atoms with Crippen molar-refractivity contribution in [3.8, 4) is 5.75 Å². The predicted molar refractivity (Wildman–Crippen MR) is 123 cm³/mol. The fraction of sp³-hybridized carbons (Fsp3) is 0.222. The SMILES string of the molecule is CCCCOc1ccc(/C=C/c2cc[n+](CC)c3ccccc23)c2ccccc12. The van der Waals surface area contributed by atoms with Gasteiger partial charge in [-0.25, -0.2) is 0 Å². The molecule has 2 nitrogen and oxygen atoms in total. The molecule has 0 aliphatic heterocycles. The molecule has 3 aromatic carbocycles. The molecule has 0 radical (unpaired) electrons. The molecule has 1 heterocycles. The second-order valence-electron chi connectivity index (χ2n) is 7.31. The maximum absolute atomic E-state index is 6.03. The fourth-order valence-corrected chi connectivity index (χ4v) is 3.80. The van der Waals surface area contributed by atoms with Gasteiger partial charge in [-0.15, -0.1) is 0 Å². The topological polar surface area (TPSA) is 13.1 Å². The first-order valence-corrected chi connectivity index (χ1v) is 10.6. The number of nitrogens with zero attached hydrogens (tertiary/aromatic N) is 1. The maximum Gasteiger partial charge on any atom is 0.213 e. The Balaban J connectivity index is 1.73. The quantitative estimate of drug-likeness (QED) is 0.258. The number of unbranched alkanes of at least 4 members (excludes halogenated alkanes) is 1. The molecule has 2 heteroatoms. The summed E-state index contributed by atoms with van der Waals surface area (Å²) in [5.74, 6) is 0.973. The van der Waals surface area contributed by atoms with Crippen LogP contribution in [0.25, 0.3) is 33.8 Å². The van der Waals surface area contributed by atoms with Gasteiger partial charge in [0, 0.05) is 17.5 Å². The Kier molecular flexibility index (Phi) is 5.90. The lowest BCUT2D eigenvalue weighted by molar-refractivity contribution is -0.667. The van der Waals surface area contributed by atoms with Crippen molar-refractivity contribution in [2.45, 2.75) is 33.2 Å². The van der Waals surface area contributed by atoms with Gasteiger partial charge in [-0.05, 0) is 42.0 Å². The van der Waals surface area contributed by atoms with Crippen LogP contribution in [0.1, 0.15) is 37.8 Å². The number of aryl methyl sites for hydroxylation is 1. The molecule has 0 aliphatic rings. The minimum absolute atomic E-state index is 0.767. The fourth-order valence-electron chi connectivity index (χ4n) is 3.80. The van der Waals surface area contributed by atoms with Crippen molar-refractivity contribution in [1.82, 2.24) is 0 Å². The number of ether oxygens (including phenoxy) is 1. The third-order valence-corrected chi connectivity index (χ3v) is 5.41. The van der Waals surface area contributed by atoms with Gasteiger partial charge in [0.05, 0.1) is 12.0 Å². The summed E-state index contributed by atoms with van der Waals surface area (Å²) >= 11 is 0. The summed E-state index contributed by atoms with van der Waals surface area (Å²) < 4.78 is 8.32. The highest BCUT2D eigenvalue weighted by Gasteiger charge is 2.09. The normalized spacial score (nSPS) is 11.5. The molecule has 0 aliphatic carbocycles. The summed E-state index contributed by atoms with van der Waals surface area (Å²) in [6.45, 7) is 6.10. The highest BCUT2D eigenvalue weighted by Crippen LogP contribution is 2.30. The molecule has 0 bridgehead atoms. The molecule has 0 unspecified atom stereocenters. The van der Waals surface area contributed by atoms with Crippen molar-refractivity contribution < 1.29 is 9.30 Å². The summed E-state index contributed by atoms with van der Waals surface area (Å²) in [6.07, 6.45) is 8.83. The molecule has 1 aromatic heterocycles. The Morgan fingerprint density at radius 2 is 1.45 bits per heavy atom. The van der Waals surface area contributed by atoms with E-state index < -0.39 is 0 Å². The Hall–Kier alpha value is -3.13. The van der Waals surface area contributed by atoms with Crippen LogP contribution < -0.4 is 9.30 Å². The molecule has 0 saturated heterocycles. The van der Waals surface area contributed by atoms with E-state index in [0.29, 0.717) is 0 Å². The third kappa shape index (κ3) is 4.02. The van der Waals surface area contributed by atoms with E-state index in [2.05, 4.69) is 103 Å². The van der Waals surface area contributed by atoms with Gasteiger partial charge in [-0.2, -0.15) is 4.57 Å². The van der Waals surface area contributed by atoms with E-state index in [0.717, 1.165) is 31.7 Å². The van der Waals surface area contributed by atoms with E-state index in [1.54, 1.807) is 0 Å². The molecular formula is C27H28NO+. The average Bonchev–Trinajstić information content (AvgIpc) is 2.78. The van der Waals surface area contributed by atoms with Crippen LogP contribution in [0.4, 0.5) is 0 Å². The molecule has 0 N–H and O–H groups in total. The lowest BCUT2D eigenvalue weighted by atomic mass is 10.0. The maximum atomic E-state index is 6.03. The highest BCUT2D eigenvalue weighted by molar-refractivity contribution is 5.98. The van der Waals surface area contributed by atoms with Crippen LogP contribution in [0, 0.1) is 0 Å².